The van der Waals surface area contributed by atoms with Crippen molar-refractivity contribution in [1.82, 2.24) is 24.8 Å². The molecule has 2 aliphatic rings. The van der Waals surface area contributed by atoms with Crippen molar-refractivity contribution in [3.8, 4) is 17.0 Å². The molecule has 5 rings (SSSR count). The molecule has 0 saturated heterocycles. The number of nitrogens with zero attached hydrogens (tertiary/aromatic N) is 6. The zero-order valence-corrected chi connectivity index (χ0v) is 22.0. The van der Waals surface area contributed by atoms with Crippen LogP contribution in [0.2, 0.25) is 0 Å². The summed E-state index contributed by atoms with van der Waals surface area (Å²) >= 11 is 0. The van der Waals surface area contributed by atoms with Gasteiger partial charge in [0.05, 0.1) is 25.0 Å². The van der Waals surface area contributed by atoms with Crippen molar-refractivity contribution < 1.29 is 18.3 Å². The molecule has 1 amide bonds. The monoisotopic (exact) mass is 523 g/mol. The molecule has 200 valence electrons. The van der Waals surface area contributed by atoms with Crippen LogP contribution in [0.5, 0.6) is 5.75 Å². The molecule has 1 N–H and O–H groups in total. The van der Waals surface area contributed by atoms with Crippen LogP contribution >= 0.6 is 0 Å². The first-order chi connectivity index (χ1) is 18.2. The summed E-state index contributed by atoms with van der Waals surface area (Å²) in [4.78, 5) is 31.0. The molecule has 0 fully saturated rings. The Morgan fingerprint density at radius 2 is 1.92 bits per heavy atom. The number of ether oxygens (including phenoxy) is 1. The molecule has 4 heterocycles. The molecule has 2 aliphatic heterocycles. The number of hydrogen-bond donors (Lipinski definition) is 1. The molecule has 0 unspecified atom stereocenters. The highest BCUT2D eigenvalue weighted by Gasteiger charge is 2.26. The first kappa shape index (κ1) is 25.8. The maximum atomic E-state index is 15.0. The summed E-state index contributed by atoms with van der Waals surface area (Å²) in [6.45, 7) is 6.52. The van der Waals surface area contributed by atoms with Gasteiger partial charge in [-0.15, -0.1) is 0 Å². The van der Waals surface area contributed by atoms with Crippen LogP contribution in [0.15, 0.2) is 30.6 Å². The first-order valence-corrected chi connectivity index (χ1v) is 12.6. The molecule has 1 aromatic carbocycles. The third-order valence-corrected chi connectivity index (χ3v) is 6.69. The van der Waals surface area contributed by atoms with Gasteiger partial charge in [0.1, 0.15) is 18.1 Å². The average Bonchev–Trinajstić information content (AvgIpc) is 2.88. The van der Waals surface area contributed by atoms with Crippen molar-refractivity contribution in [2.24, 2.45) is 0 Å². The van der Waals surface area contributed by atoms with Crippen molar-refractivity contribution >= 4 is 23.4 Å². The van der Waals surface area contributed by atoms with E-state index >= 15 is 0 Å². The maximum Gasteiger partial charge on any atom is 0.237 e. The molecule has 0 saturated carbocycles. The van der Waals surface area contributed by atoms with Crippen molar-refractivity contribution in [2.75, 3.05) is 50.6 Å². The number of amides is 1. The molecule has 0 bridgehead atoms. The Hall–Kier alpha value is -3.86. The third kappa shape index (κ3) is 5.24. The molecule has 3 aromatic rings. The van der Waals surface area contributed by atoms with Gasteiger partial charge in [-0.2, -0.15) is 0 Å². The van der Waals surface area contributed by atoms with E-state index in [-0.39, 0.29) is 29.3 Å². The van der Waals surface area contributed by atoms with Gasteiger partial charge in [0.15, 0.2) is 17.4 Å². The third-order valence-electron chi connectivity index (χ3n) is 6.69. The summed E-state index contributed by atoms with van der Waals surface area (Å²) in [5.74, 6) is -0.333. The number of likely N-dealkylation sites (N-methyl/N-ethyl adjacent to an activating group) is 1. The number of rotatable bonds is 6. The van der Waals surface area contributed by atoms with E-state index in [4.69, 9.17) is 4.74 Å². The molecule has 0 radical (unpaired) electrons. The van der Waals surface area contributed by atoms with E-state index in [1.165, 1.54) is 6.07 Å². The number of hydrogen-bond acceptors (Lipinski definition) is 8. The number of nitrogens with one attached hydrogen (secondary N) is 1. The second-order valence-electron chi connectivity index (χ2n) is 10.1. The topological polar surface area (TPSA) is 86.7 Å². The van der Waals surface area contributed by atoms with Crippen LogP contribution < -0.4 is 15.0 Å². The van der Waals surface area contributed by atoms with Crippen LogP contribution in [0, 0.1) is 11.6 Å². The highest BCUT2D eigenvalue weighted by molar-refractivity contribution is 5.78. The lowest BCUT2D eigenvalue weighted by atomic mass is 10.0. The van der Waals surface area contributed by atoms with Crippen LogP contribution in [-0.4, -0.2) is 77.0 Å². The van der Waals surface area contributed by atoms with Crippen LogP contribution in [0.4, 0.5) is 26.2 Å². The molecular formula is C27H31F2N7O2. The Bertz CT molecular complexity index is 1370. The van der Waals surface area contributed by atoms with E-state index < -0.39 is 11.6 Å². The normalized spacial score (nSPS) is 14.8. The van der Waals surface area contributed by atoms with E-state index in [1.807, 2.05) is 48.7 Å². The van der Waals surface area contributed by atoms with Gasteiger partial charge in [0.25, 0.3) is 0 Å². The Balaban J connectivity index is 1.38. The fraction of sp³-hybridized carbons (Fsp3) is 0.407. The molecule has 38 heavy (non-hydrogen) atoms. The van der Waals surface area contributed by atoms with Crippen molar-refractivity contribution in [3.63, 3.8) is 0 Å². The van der Waals surface area contributed by atoms with Crippen LogP contribution in [0.3, 0.4) is 0 Å². The van der Waals surface area contributed by atoms with E-state index in [1.54, 1.807) is 12.3 Å². The summed E-state index contributed by atoms with van der Waals surface area (Å²) in [6.07, 6.45) is 3.49. The van der Waals surface area contributed by atoms with Gasteiger partial charge < -0.3 is 24.8 Å². The maximum absolute atomic E-state index is 15.0. The van der Waals surface area contributed by atoms with Gasteiger partial charge >= 0.3 is 0 Å². The Morgan fingerprint density at radius 3 is 2.68 bits per heavy atom. The van der Waals surface area contributed by atoms with Crippen molar-refractivity contribution in [2.45, 2.75) is 32.9 Å². The predicted molar refractivity (Wildman–Crippen MR) is 141 cm³/mol. The highest BCUT2D eigenvalue weighted by Crippen LogP contribution is 2.39. The minimum Gasteiger partial charge on any atom is -0.486 e. The number of benzene rings is 1. The minimum absolute atomic E-state index is 0.0218. The van der Waals surface area contributed by atoms with Crippen LogP contribution in [0.25, 0.3) is 11.3 Å². The van der Waals surface area contributed by atoms with E-state index in [0.717, 1.165) is 17.3 Å². The van der Waals surface area contributed by atoms with E-state index in [9.17, 15) is 13.6 Å². The van der Waals surface area contributed by atoms with Gasteiger partial charge in [-0.25, -0.2) is 23.7 Å². The average molecular weight is 524 g/mol. The molecule has 0 aliphatic carbocycles. The van der Waals surface area contributed by atoms with Crippen molar-refractivity contribution in [3.05, 3.63) is 53.4 Å². The molecule has 0 atom stereocenters. The quantitative estimate of drug-likeness (QED) is 0.525. The first-order valence-electron chi connectivity index (χ1n) is 12.6. The summed E-state index contributed by atoms with van der Waals surface area (Å²) in [5, 5.41) is 3.04. The molecule has 11 heteroatoms. The van der Waals surface area contributed by atoms with E-state index in [0.29, 0.717) is 56.3 Å². The van der Waals surface area contributed by atoms with Crippen LogP contribution in [-0.2, 0) is 17.8 Å². The number of halogens is 2. The van der Waals surface area contributed by atoms with Crippen molar-refractivity contribution in [1.29, 1.82) is 0 Å². The fourth-order valence-corrected chi connectivity index (χ4v) is 4.81. The Morgan fingerprint density at radius 1 is 1.11 bits per heavy atom. The second-order valence-corrected chi connectivity index (χ2v) is 10.1. The summed E-state index contributed by atoms with van der Waals surface area (Å²) in [6, 6.07) is 4.95. The summed E-state index contributed by atoms with van der Waals surface area (Å²) < 4.78 is 35.4. The highest BCUT2D eigenvalue weighted by atomic mass is 19.1. The van der Waals surface area contributed by atoms with E-state index in [2.05, 4.69) is 20.3 Å². The second kappa shape index (κ2) is 10.5. The van der Waals surface area contributed by atoms with Gasteiger partial charge in [0.2, 0.25) is 11.9 Å². The lowest BCUT2D eigenvalue weighted by molar-refractivity contribution is -0.132. The van der Waals surface area contributed by atoms with Gasteiger partial charge in [-0.1, -0.05) is 0 Å². The zero-order chi connectivity index (χ0) is 27.0. The number of aromatic nitrogens is 3. The number of pyridine rings is 1. The number of carbonyl (C=O) groups is 1. The largest absolute Gasteiger partial charge is 0.486 e. The number of carbonyl (C=O) groups excluding carboxylic acids is 1. The number of anilines is 3. The smallest absolute Gasteiger partial charge is 0.237 e. The minimum atomic E-state index is -0.663. The lowest BCUT2D eigenvalue weighted by Crippen LogP contribution is -2.40. The lowest BCUT2D eigenvalue weighted by Gasteiger charge is -2.34. The fourth-order valence-electron chi connectivity index (χ4n) is 4.81. The predicted octanol–water partition coefficient (Wildman–Crippen LogP) is 3.61. The zero-order valence-electron chi connectivity index (χ0n) is 22.0. The molecular weight excluding hydrogens is 492 g/mol. The Kier molecular flexibility index (Phi) is 7.11. The standard InChI is InChI=1S/C27H31F2N7O2/c1-16(2)36-7-8-38-26-20(28)9-18(10-22(26)36)25-21(29)13-31-27(33-25)32-23-11-17-5-6-35(14-19(17)12-30-23)24(37)15-34(3)4/h9-13,16H,5-8,14-15H2,1-4H3,(H,30,31,32,33). The molecule has 2 aromatic heterocycles. The van der Waals surface area contributed by atoms with Gasteiger partial charge in [-0.05, 0) is 63.7 Å². The summed E-state index contributed by atoms with van der Waals surface area (Å²) in [7, 11) is 3.74. The van der Waals surface area contributed by atoms with Gasteiger partial charge in [0, 0.05) is 30.9 Å². The Labute approximate surface area is 220 Å². The SMILES string of the molecule is CC(C)N1CCOc2c(F)cc(-c3nc(Nc4cc5c(cn4)CN(C(=O)CN(C)C)CC5)ncc3F)cc21. The summed E-state index contributed by atoms with van der Waals surface area (Å²) in [5.41, 5.74) is 2.90. The van der Waals surface area contributed by atoms with Gasteiger partial charge in [-0.3, -0.25) is 4.79 Å². The molecule has 9 nitrogen and oxygen atoms in total. The molecule has 0 spiro atoms. The van der Waals surface area contributed by atoms with Crippen LogP contribution in [0.1, 0.15) is 25.0 Å². The number of fused-ring (bicyclic) bond motifs is 2.